The van der Waals surface area contributed by atoms with Crippen LogP contribution in [-0.2, 0) is 32.2 Å². The number of nitrogens with zero attached hydrogens (tertiary/aromatic N) is 2. The zero-order valence-corrected chi connectivity index (χ0v) is 23.4. The second kappa shape index (κ2) is 14.6. The molecule has 0 fully saturated rings. The minimum absolute atomic E-state index is 0. The van der Waals surface area contributed by atoms with Gasteiger partial charge in [-0.05, 0) is 13.8 Å². The molecule has 32 heavy (non-hydrogen) atoms. The van der Waals surface area contributed by atoms with Gasteiger partial charge in [0.05, 0.1) is 28.2 Å². The van der Waals surface area contributed by atoms with Gasteiger partial charge in [0.2, 0.25) is 0 Å². The zero-order valence-electron chi connectivity index (χ0n) is 20.2. The SMILES string of the molecule is C=C(C)C(=O)OCC[N+](C)(C)Cc1ccc(C[N+](C)(C)CCOC(=O)C(=C)C)cc1.[Br-].[Br-]. The molecule has 6 nitrogen and oxygen atoms in total. The molecule has 0 bridgehead atoms. The first-order valence-corrected chi connectivity index (χ1v) is 10.2. The van der Waals surface area contributed by atoms with Gasteiger partial charge in [-0.15, -0.1) is 0 Å². The zero-order chi connectivity index (χ0) is 22.9. The lowest BCUT2D eigenvalue weighted by Crippen LogP contribution is -3.00. The molecule has 0 N–H and O–H groups in total. The van der Waals surface area contributed by atoms with Crippen molar-refractivity contribution in [2.75, 3.05) is 54.5 Å². The number of esters is 2. The van der Waals surface area contributed by atoms with E-state index in [-0.39, 0.29) is 45.9 Å². The van der Waals surface area contributed by atoms with Crippen molar-refractivity contribution in [3.63, 3.8) is 0 Å². The van der Waals surface area contributed by atoms with Crippen LogP contribution in [0.2, 0.25) is 0 Å². The third-order valence-corrected chi connectivity index (χ3v) is 4.80. The molecule has 0 heterocycles. The molecule has 0 aromatic heterocycles. The summed E-state index contributed by atoms with van der Waals surface area (Å²) >= 11 is 0. The molecule has 0 saturated carbocycles. The topological polar surface area (TPSA) is 52.6 Å². The molecule has 0 aliphatic heterocycles. The Kier molecular flexibility index (Phi) is 14.9. The van der Waals surface area contributed by atoms with Gasteiger partial charge >= 0.3 is 11.9 Å². The van der Waals surface area contributed by atoms with E-state index in [1.807, 2.05) is 0 Å². The van der Waals surface area contributed by atoms with Gasteiger partial charge in [-0.25, -0.2) is 9.59 Å². The summed E-state index contributed by atoms with van der Waals surface area (Å²) < 4.78 is 11.9. The highest BCUT2D eigenvalue weighted by molar-refractivity contribution is 5.87. The average Bonchev–Trinajstić information content (AvgIpc) is 2.62. The Morgan fingerprint density at radius 1 is 0.719 bits per heavy atom. The van der Waals surface area contributed by atoms with Crippen LogP contribution in [-0.4, -0.2) is 75.4 Å². The molecule has 8 heteroatoms. The molecule has 1 aromatic carbocycles. The smallest absolute Gasteiger partial charge is 0.333 e. The van der Waals surface area contributed by atoms with Crippen LogP contribution in [0, 0.1) is 0 Å². The second-order valence-electron chi connectivity index (χ2n) is 9.28. The van der Waals surface area contributed by atoms with Crippen LogP contribution in [0.1, 0.15) is 25.0 Å². The minimum Gasteiger partial charge on any atom is -1.00 e. The number of ether oxygens (including phenoxy) is 2. The summed E-state index contributed by atoms with van der Waals surface area (Å²) in [6, 6.07) is 8.60. The Bertz CT molecular complexity index is 710. The van der Waals surface area contributed by atoms with Gasteiger partial charge in [0.1, 0.15) is 39.4 Å². The van der Waals surface area contributed by atoms with Crippen molar-refractivity contribution in [3.8, 4) is 0 Å². The molecule has 0 unspecified atom stereocenters. The van der Waals surface area contributed by atoms with Gasteiger partial charge in [0.15, 0.2) is 0 Å². The largest absolute Gasteiger partial charge is 1.00 e. The van der Waals surface area contributed by atoms with Crippen molar-refractivity contribution in [2.45, 2.75) is 26.9 Å². The Labute approximate surface area is 214 Å². The molecule has 0 amide bonds. The molecular formula is C24H38Br2N2O4. The summed E-state index contributed by atoms with van der Waals surface area (Å²) in [5.41, 5.74) is 3.31. The average molecular weight is 578 g/mol. The van der Waals surface area contributed by atoms with E-state index in [1.54, 1.807) is 13.8 Å². The molecule has 0 radical (unpaired) electrons. The molecule has 0 spiro atoms. The number of likely N-dealkylation sites (N-methyl/N-ethyl adjacent to an activating group) is 2. The molecule has 1 rings (SSSR count). The number of quaternary nitrogens is 2. The van der Waals surface area contributed by atoms with Crippen molar-refractivity contribution < 1.29 is 62.0 Å². The summed E-state index contributed by atoms with van der Waals surface area (Å²) in [5.74, 6) is -0.677. The maximum atomic E-state index is 11.5. The Morgan fingerprint density at radius 3 is 1.25 bits per heavy atom. The van der Waals surface area contributed by atoms with Crippen LogP contribution in [0.3, 0.4) is 0 Å². The van der Waals surface area contributed by atoms with Crippen LogP contribution in [0.15, 0.2) is 48.6 Å². The van der Waals surface area contributed by atoms with Gasteiger partial charge in [0.25, 0.3) is 0 Å². The third kappa shape index (κ3) is 13.2. The maximum Gasteiger partial charge on any atom is 0.333 e. The summed E-state index contributed by atoms with van der Waals surface area (Å²) in [5, 5.41) is 0. The van der Waals surface area contributed by atoms with Crippen molar-refractivity contribution in [2.24, 2.45) is 0 Å². The Morgan fingerprint density at radius 2 is 1.00 bits per heavy atom. The van der Waals surface area contributed by atoms with Gasteiger partial charge in [-0.2, -0.15) is 0 Å². The molecule has 0 atom stereocenters. The normalized spacial score (nSPS) is 10.9. The first-order valence-electron chi connectivity index (χ1n) is 10.2. The minimum atomic E-state index is -0.338. The number of halogens is 2. The van der Waals surface area contributed by atoms with E-state index in [0.717, 1.165) is 35.1 Å². The van der Waals surface area contributed by atoms with E-state index in [4.69, 9.17) is 9.47 Å². The number of carbonyl (C=O) groups is 2. The summed E-state index contributed by atoms with van der Waals surface area (Å²) in [7, 11) is 8.48. The van der Waals surface area contributed by atoms with Crippen LogP contribution in [0.5, 0.6) is 0 Å². The molecule has 0 aliphatic rings. The van der Waals surface area contributed by atoms with Crippen LogP contribution < -0.4 is 34.0 Å². The highest BCUT2D eigenvalue weighted by Crippen LogP contribution is 2.14. The van der Waals surface area contributed by atoms with E-state index in [1.165, 1.54) is 11.1 Å². The highest BCUT2D eigenvalue weighted by atomic mass is 79.9. The van der Waals surface area contributed by atoms with E-state index in [9.17, 15) is 9.59 Å². The first kappa shape index (κ1) is 32.7. The molecular weight excluding hydrogens is 540 g/mol. The number of rotatable bonds is 12. The van der Waals surface area contributed by atoms with E-state index < -0.39 is 0 Å². The molecule has 0 saturated heterocycles. The van der Waals surface area contributed by atoms with Crippen LogP contribution in [0.25, 0.3) is 0 Å². The van der Waals surface area contributed by atoms with E-state index in [0.29, 0.717) is 24.4 Å². The van der Waals surface area contributed by atoms with Gasteiger partial charge in [-0.1, -0.05) is 37.4 Å². The summed E-state index contributed by atoms with van der Waals surface area (Å²) in [6.07, 6.45) is 0. The highest BCUT2D eigenvalue weighted by Gasteiger charge is 2.19. The lowest BCUT2D eigenvalue weighted by atomic mass is 10.1. The Balaban J connectivity index is 0. The lowest BCUT2D eigenvalue weighted by molar-refractivity contribution is -0.904. The molecule has 0 aliphatic carbocycles. The predicted molar refractivity (Wildman–Crippen MR) is 119 cm³/mol. The number of hydrogen-bond acceptors (Lipinski definition) is 4. The lowest BCUT2D eigenvalue weighted by Gasteiger charge is -2.30. The monoisotopic (exact) mass is 576 g/mol. The van der Waals surface area contributed by atoms with E-state index >= 15 is 0 Å². The van der Waals surface area contributed by atoms with E-state index in [2.05, 4.69) is 65.6 Å². The first-order chi connectivity index (χ1) is 13.8. The van der Waals surface area contributed by atoms with Crippen molar-refractivity contribution in [3.05, 3.63) is 59.7 Å². The predicted octanol–water partition coefficient (Wildman–Crippen LogP) is -2.91. The fourth-order valence-electron chi connectivity index (χ4n) is 2.91. The Hall–Kier alpha value is -1.48. The second-order valence-corrected chi connectivity index (χ2v) is 9.28. The van der Waals surface area contributed by atoms with Crippen LogP contribution >= 0.6 is 0 Å². The quantitative estimate of drug-likeness (QED) is 0.152. The standard InChI is InChI=1S/C24H38N2O4.2BrH/c1-19(2)23(27)29-15-13-25(5,6)17-21-9-11-22(12-10-21)18-26(7,8)14-16-30-24(28)20(3)4;;/h9-12H,1,3,13-18H2,2,4-8H3;2*1H/q+2;;/p-2. The number of hydrogen-bond donors (Lipinski definition) is 0. The summed E-state index contributed by atoms with van der Waals surface area (Å²) in [4.78, 5) is 23.0. The maximum absolute atomic E-state index is 11.5. The van der Waals surface area contributed by atoms with Gasteiger partial charge in [-0.3, -0.25) is 0 Å². The van der Waals surface area contributed by atoms with Gasteiger partial charge in [0, 0.05) is 22.3 Å². The number of benzene rings is 1. The molecule has 182 valence electrons. The molecule has 1 aromatic rings. The van der Waals surface area contributed by atoms with Gasteiger partial charge < -0.3 is 52.4 Å². The van der Waals surface area contributed by atoms with Crippen molar-refractivity contribution in [1.29, 1.82) is 0 Å². The van der Waals surface area contributed by atoms with Crippen molar-refractivity contribution in [1.82, 2.24) is 0 Å². The third-order valence-electron chi connectivity index (χ3n) is 4.80. The summed E-state index contributed by atoms with van der Waals surface area (Å²) in [6.45, 7) is 14.4. The van der Waals surface area contributed by atoms with Crippen LogP contribution in [0.4, 0.5) is 0 Å². The van der Waals surface area contributed by atoms with Crippen molar-refractivity contribution >= 4 is 11.9 Å². The fourth-order valence-corrected chi connectivity index (χ4v) is 2.91. The number of carbonyl (C=O) groups excluding carboxylic acids is 2. The fraction of sp³-hybridized carbons (Fsp3) is 0.500.